The van der Waals surface area contributed by atoms with Crippen LogP contribution in [0.1, 0.15) is 21.6 Å². The smallest absolute Gasteiger partial charge is 0.259 e. The molecule has 1 amide bonds. The second-order valence-electron chi connectivity index (χ2n) is 5.42. The van der Waals surface area contributed by atoms with E-state index >= 15 is 0 Å². The molecule has 25 heavy (non-hydrogen) atoms. The van der Waals surface area contributed by atoms with Crippen molar-refractivity contribution in [3.8, 4) is 11.5 Å². The lowest BCUT2D eigenvalue weighted by atomic mass is 10.1. The Hall–Kier alpha value is -2.86. The van der Waals surface area contributed by atoms with E-state index in [0.29, 0.717) is 29.4 Å². The minimum atomic E-state index is -0.252. The van der Waals surface area contributed by atoms with Gasteiger partial charge in [0.1, 0.15) is 18.1 Å². The predicted octanol–water partition coefficient (Wildman–Crippen LogP) is 4.29. The first-order valence-corrected chi connectivity index (χ1v) is 8.66. The van der Waals surface area contributed by atoms with Gasteiger partial charge in [0.15, 0.2) is 0 Å². The van der Waals surface area contributed by atoms with Gasteiger partial charge in [-0.3, -0.25) is 4.79 Å². The third kappa shape index (κ3) is 4.16. The number of amides is 1. The number of benzene rings is 2. The minimum absolute atomic E-state index is 0.252. The van der Waals surface area contributed by atoms with Crippen molar-refractivity contribution < 1.29 is 14.3 Å². The number of carbonyl (C=O) groups excluding carboxylic acids is 1. The van der Waals surface area contributed by atoms with Crippen LogP contribution in [0, 0.1) is 6.92 Å². The number of thiazole rings is 1. The van der Waals surface area contributed by atoms with E-state index in [0.717, 1.165) is 11.3 Å². The largest absolute Gasteiger partial charge is 0.495 e. The van der Waals surface area contributed by atoms with Crippen molar-refractivity contribution in [1.82, 2.24) is 4.98 Å². The molecule has 1 N–H and O–H groups in total. The van der Waals surface area contributed by atoms with Gasteiger partial charge in [0, 0.05) is 5.38 Å². The molecule has 0 bridgehead atoms. The fraction of sp³-hybridized carbons (Fsp3) is 0.158. The summed E-state index contributed by atoms with van der Waals surface area (Å²) in [5.41, 5.74) is 4.70. The van der Waals surface area contributed by atoms with E-state index in [1.165, 1.54) is 11.3 Å². The highest BCUT2D eigenvalue weighted by Crippen LogP contribution is 2.27. The molecule has 0 spiro atoms. The van der Waals surface area contributed by atoms with Gasteiger partial charge in [-0.15, -0.1) is 11.3 Å². The van der Waals surface area contributed by atoms with Gasteiger partial charge in [-0.1, -0.05) is 18.2 Å². The van der Waals surface area contributed by atoms with Crippen LogP contribution >= 0.6 is 11.3 Å². The maximum atomic E-state index is 12.7. The van der Waals surface area contributed by atoms with Crippen LogP contribution < -0.4 is 14.8 Å². The summed E-state index contributed by atoms with van der Waals surface area (Å²) in [6.07, 6.45) is 0. The van der Waals surface area contributed by atoms with E-state index in [9.17, 15) is 4.79 Å². The Labute approximate surface area is 150 Å². The van der Waals surface area contributed by atoms with Gasteiger partial charge in [0.2, 0.25) is 0 Å². The van der Waals surface area contributed by atoms with E-state index in [1.807, 2.05) is 36.6 Å². The number of aryl methyl sites for hydroxylation is 1. The number of ether oxygens (including phenoxy) is 2. The molecule has 0 saturated heterocycles. The van der Waals surface area contributed by atoms with Crippen molar-refractivity contribution in [2.75, 3.05) is 12.4 Å². The Kier molecular flexibility index (Phi) is 5.30. The zero-order valence-corrected chi connectivity index (χ0v) is 14.8. The molecule has 0 fully saturated rings. The molecular formula is C19H18N2O3S. The summed E-state index contributed by atoms with van der Waals surface area (Å²) < 4.78 is 11.1. The fourth-order valence-corrected chi connectivity index (χ4v) is 2.89. The average Bonchev–Trinajstić information content (AvgIpc) is 3.14. The summed E-state index contributed by atoms with van der Waals surface area (Å²) in [5.74, 6) is 0.872. The van der Waals surface area contributed by atoms with Crippen LogP contribution in [0.4, 0.5) is 5.69 Å². The number of methoxy groups -OCH3 is 1. The summed E-state index contributed by atoms with van der Waals surface area (Å²) in [6, 6.07) is 12.8. The first-order chi connectivity index (χ1) is 12.2. The lowest BCUT2D eigenvalue weighted by Crippen LogP contribution is -2.14. The lowest BCUT2D eigenvalue weighted by Gasteiger charge is -2.13. The van der Waals surface area contributed by atoms with Gasteiger partial charge in [-0.25, -0.2) is 4.98 Å². The minimum Gasteiger partial charge on any atom is -0.495 e. The monoisotopic (exact) mass is 354 g/mol. The number of rotatable bonds is 6. The molecule has 0 radical (unpaired) electrons. The molecule has 3 aromatic rings. The van der Waals surface area contributed by atoms with Crippen LogP contribution in [0.5, 0.6) is 11.5 Å². The average molecular weight is 354 g/mol. The van der Waals surface area contributed by atoms with Crippen LogP contribution in [-0.4, -0.2) is 18.0 Å². The van der Waals surface area contributed by atoms with Crippen molar-refractivity contribution in [3.63, 3.8) is 0 Å². The van der Waals surface area contributed by atoms with Gasteiger partial charge in [-0.05, 0) is 36.8 Å². The van der Waals surface area contributed by atoms with E-state index in [4.69, 9.17) is 9.47 Å². The molecule has 0 saturated carbocycles. The van der Waals surface area contributed by atoms with Crippen molar-refractivity contribution in [1.29, 1.82) is 0 Å². The summed E-state index contributed by atoms with van der Waals surface area (Å²) in [4.78, 5) is 16.9. The van der Waals surface area contributed by atoms with Crippen LogP contribution in [0.2, 0.25) is 0 Å². The van der Waals surface area contributed by atoms with Crippen molar-refractivity contribution in [2.24, 2.45) is 0 Å². The van der Waals surface area contributed by atoms with Crippen molar-refractivity contribution in [3.05, 3.63) is 70.2 Å². The molecule has 1 aromatic heterocycles. The van der Waals surface area contributed by atoms with Gasteiger partial charge in [-0.2, -0.15) is 0 Å². The molecule has 2 aromatic carbocycles. The Morgan fingerprint density at radius 3 is 2.80 bits per heavy atom. The van der Waals surface area contributed by atoms with Gasteiger partial charge in [0.05, 0.1) is 29.6 Å². The normalized spacial score (nSPS) is 10.3. The van der Waals surface area contributed by atoms with Gasteiger partial charge < -0.3 is 14.8 Å². The first kappa shape index (κ1) is 17.0. The predicted molar refractivity (Wildman–Crippen MR) is 98.6 cm³/mol. The van der Waals surface area contributed by atoms with E-state index in [-0.39, 0.29) is 5.91 Å². The van der Waals surface area contributed by atoms with Crippen LogP contribution in [0.15, 0.2) is 53.4 Å². The SMILES string of the molecule is COc1ccc(C)cc1NC(=O)c1ccccc1OCc1cscn1. The topological polar surface area (TPSA) is 60.5 Å². The Balaban J connectivity index is 1.79. The maximum Gasteiger partial charge on any atom is 0.259 e. The molecule has 5 nitrogen and oxygen atoms in total. The summed E-state index contributed by atoms with van der Waals surface area (Å²) >= 11 is 1.51. The summed E-state index contributed by atoms with van der Waals surface area (Å²) in [5, 5.41) is 4.81. The highest BCUT2D eigenvalue weighted by Gasteiger charge is 2.15. The molecule has 6 heteroatoms. The Morgan fingerprint density at radius 1 is 1.20 bits per heavy atom. The highest BCUT2D eigenvalue weighted by molar-refractivity contribution is 7.07. The molecule has 0 aliphatic heterocycles. The molecule has 0 aliphatic carbocycles. The maximum absolute atomic E-state index is 12.7. The molecule has 0 atom stereocenters. The molecule has 0 aliphatic rings. The number of para-hydroxylation sites is 1. The lowest BCUT2D eigenvalue weighted by molar-refractivity contribution is 0.102. The van der Waals surface area contributed by atoms with Gasteiger partial charge in [0.25, 0.3) is 5.91 Å². The number of aromatic nitrogens is 1. The fourth-order valence-electron chi connectivity index (χ4n) is 2.35. The third-order valence-electron chi connectivity index (χ3n) is 3.59. The summed E-state index contributed by atoms with van der Waals surface area (Å²) in [6.45, 7) is 2.28. The second-order valence-corrected chi connectivity index (χ2v) is 6.14. The van der Waals surface area contributed by atoms with Crippen molar-refractivity contribution >= 4 is 22.9 Å². The Bertz CT molecular complexity index is 863. The first-order valence-electron chi connectivity index (χ1n) is 7.72. The number of nitrogens with one attached hydrogen (secondary N) is 1. The molecule has 128 valence electrons. The number of nitrogens with zero attached hydrogens (tertiary/aromatic N) is 1. The molecule has 1 heterocycles. The highest BCUT2D eigenvalue weighted by atomic mass is 32.1. The molecule has 0 unspecified atom stereocenters. The standard InChI is InChI=1S/C19H18N2O3S/c1-13-7-8-18(23-2)16(9-13)21-19(22)15-5-3-4-6-17(15)24-10-14-11-25-12-20-14/h3-9,11-12H,10H2,1-2H3,(H,21,22). The zero-order chi connectivity index (χ0) is 17.6. The number of anilines is 1. The Morgan fingerprint density at radius 2 is 2.04 bits per heavy atom. The third-order valence-corrected chi connectivity index (χ3v) is 4.23. The van der Waals surface area contributed by atoms with Crippen molar-refractivity contribution in [2.45, 2.75) is 13.5 Å². The van der Waals surface area contributed by atoms with E-state index in [2.05, 4.69) is 10.3 Å². The van der Waals surface area contributed by atoms with E-state index in [1.54, 1.807) is 30.8 Å². The van der Waals surface area contributed by atoms with Crippen LogP contribution in [0.3, 0.4) is 0 Å². The summed E-state index contributed by atoms with van der Waals surface area (Å²) in [7, 11) is 1.57. The number of carbonyl (C=O) groups is 1. The van der Waals surface area contributed by atoms with Crippen LogP contribution in [0.25, 0.3) is 0 Å². The zero-order valence-electron chi connectivity index (χ0n) is 14.0. The number of hydrogen-bond acceptors (Lipinski definition) is 5. The quantitative estimate of drug-likeness (QED) is 0.717. The molecule has 3 rings (SSSR count). The second kappa shape index (κ2) is 7.81. The van der Waals surface area contributed by atoms with Crippen LogP contribution in [-0.2, 0) is 6.61 Å². The molecular weight excluding hydrogens is 336 g/mol. The van der Waals surface area contributed by atoms with E-state index < -0.39 is 0 Å². The number of hydrogen-bond donors (Lipinski definition) is 1. The van der Waals surface area contributed by atoms with Gasteiger partial charge >= 0.3 is 0 Å².